The van der Waals surface area contributed by atoms with Crippen LogP contribution in [0.25, 0.3) is 16.6 Å². The summed E-state index contributed by atoms with van der Waals surface area (Å²) in [6, 6.07) is 4.48. The number of aromatic amines is 1. The van der Waals surface area contributed by atoms with Crippen molar-refractivity contribution in [3.05, 3.63) is 54.6 Å². The molecule has 1 aromatic carbocycles. The first-order chi connectivity index (χ1) is 12.2. The fraction of sp³-hybridized carbons (Fsp3) is 0.0667. The van der Waals surface area contributed by atoms with Crippen LogP contribution in [0.3, 0.4) is 0 Å². The second-order valence-corrected chi connectivity index (χ2v) is 7.14. The molecule has 3 heterocycles. The molecule has 0 aliphatic rings. The molecule has 0 unspecified atom stereocenters. The van der Waals surface area contributed by atoms with Gasteiger partial charge in [0.15, 0.2) is 5.65 Å². The Morgan fingerprint density at radius 2 is 2.00 bits per heavy atom. The van der Waals surface area contributed by atoms with Crippen LogP contribution in [0.5, 0.6) is 0 Å². The van der Waals surface area contributed by atoms with Crippen LogP contribution in [0.15, 0.2) is 53.9 Å². The van der Waals surface area contributed by atoms with E-state index in [1.165, 1.54) is 23.1 Å². The highest BCUT2D eigenvalue weighted by atomic mass is 32.2. The van der Waals surface area contributed by atoms with E-state index in [9.17, 15) is 21.6 Å². The van der Waals surface area contributed by atoms with E-state index in [-0.39, 0.29) is 21.5 Å². The van der Waals surface area contributed by atoms with Gasteiger partial charge < -0.3 is 4.98 Å². The Labute approximate surface area is 144 Å². The number of hydrogen-bond donors (Lipinski definition) is 2. The molecule has 3 aromatic heterocycles. The zero-order valence-corrected chi connectivity index (χ0v) is 13.6. The summed E-state index contributed by atoms with van der Waals surface area (Å²) in [5.74, 6) is 0. The number of fused-ring (bicyclic) bond motifs is 2. The minimum absolute atomic E-state index is 0.0702. The third-order valence-corrected chi connectivity index (χ3v) is 5.18. The molecule has 0 saturated carbocycles. The average Bonchev–Trinajstić information content (AvgIpc) is 3.19. The Balaban J connectivity index is 1.73. The first-order valence-electron chi connectivity index (χ1n) is 7.25. The summed E-state index contributed by atoms with van der Waals surface area (Å²) in [5.41, 5.74) is -0.0832. The van der Waals surface area contributed by atoms with E-state index in [1.807, 2.05) is 0 Å². The Kier molecular flexibility index (Phi) is 3.44. The van der Waals surface area contributed by atoms with E-state index in [4.69, 9.17) is 0 Å². The summed E-state index contributed by atoms with van der Waals surface area (Å²) in [5, 5.41) is 4.11. The van der Waals surface area contributed by atoms with Crippen LogP contribution in [0, 0.1) is 0 Å². The minimum Gasteiger partial charge on any atom is -0.360 e. The maximum atomic E-state index is 12.8. The van der Waals surface area contributed by atoms with Gasteiger partial charge in [-0.15, -0.1) is 0 Å². The van der Waals surface area contributed by atoms with Gasteiger partial charge in [0, 0.05) is 23.2 Å². The van der Waals surface area contributed by atoms with Crippen molar-refractivity contribution in [2.45, 2.75) is 11.1 Å². The van der Waals surface area contributed by atoms with Crippen molar-refractivity contribution in [1.29, 1.82) is 0 Å². The summed E-state index contributed by atoms with van der Waals surface area (Å²) in [6.45, 7) is 0. The van der Waals surface area contributed by atoms with Gasteiger partial charge in [-0.25, -0.2) is 17.9 Å². The zero-order valence-electron chi connectivity index (χ0n) is 12.8. The number of alkyl halides is 3. The molecule has 4 rings (SSSR count). The fourth-order valence-electron chi connectivity index (χ4n) is 2.57. The Hall–Kier alpha value is -3.08. The van der Waals surface area contributed by atoms with E-state index < -0.39 is 21.8 Å². The lowest BCUT2D eigenvalue weighted by Gasteiger charge is -2.08. The second-order valence-electron chi connectivity index (χ2n) is 5.49. The molecule has 4 aromatic rings. The number of halogens is 3. The van der Waals surface area contributed by atoms with Crippen LogP contribution < -0.4 is 4.72 Å². The largest absolute Gasteiger partial charge is 0.416 e. The smallest absolute Gasteiger partial charge is 0.360 e. The van der Waals surface area contributed by atoms with Crippen molar-refractivity contribution < 1.29 is 21.6 Å². The Morgan fingerprint density at radius 1 is 1.19 bits per heavy atom. The van der Waals surface area contributed by atoms with Crippen LogP contribution in [-0.2, 0) is 16.2 Å². The number of benzene rings is 1. The van der Waals surface area contributed by atoms with E-state index in [2.05, 4.69) is 19.8 Å². The number of nitrogens with zero attached hydrogens (tertiary/aromatic N) is 3. The van der Waals surface area contributed by atoms with Crippen molar-refractivity contribution in [2.24, 2.45) is 0 Å². The number of H-pyrrole nitrogens is 1. The highest BCUT2D eigenvalue weighted by Gasteiger charge is 2.31. The van der Waals surface area contributed by atoms with Gasteiger partial charge in [0.1, 0.15) is 4.90 Å². The van der Waals surface area contributed by atoms with Crippen LogP contribution in [-0.4, -0.2) is 28.0 Å². The Bertz CT molecular complexity index is 1230. The number of rotatable bonds is 3. The van der Waals surface area contributed by atoms with Crippen LogP contribution >= 0.6 is 0 Å². The topological polar surface area (TPSA) is 92.2 Å². The average molecular weight is 381 g/mol. The molecule has 0 aliphatic carbocycles. The van der Waals surface area contributed by atoms with Gasteiger partial charge in [-0.05, 0) is 12.1 Å². The lowest BCUT2D eigenvalue weighted by Crippen LogP contribution is -2.13. The molecule has 0 bridgehead atoms. The van der Waals surface area contributed by atoms with E-state index in [0.717, 1.165) is 24.4 Å². The lowest BCUT2D eigenvalue weighted by molar-refractivity contribution is -0.137. The predicted octanol–water partition coefficient (Wildman–Crippen LogP) is 3.03. The summed E-state index contributed by atoms with van der Waals surface area (Å²) >= 11 is 0. The van der Waals surface area contributed by atoms with E-state index >= 15 is 0 Å². The highest BCUT2D eigenvalue weighted by Crippen LogP contribution is 2.33. The van der Waals surface area contributed by atoms with Gasteiger partial charge in [0.05, 0.1) is 29.8 Å². The molecule has 7 nitrogen and oxygen atoms in total. The fourth-order valence-corrected chi connectivity index (χ4v) is 3.78. The Morgan fingerprint density at radius 3 is 2.77 bits per heavy atom. The molecule has 0 amide bonds. The van der Waals surface area contributed by atoms with Gasteiger partial charge in [-0.3, -0.25) is 4.72 Å². The number of hydrogen-bond acceptors (Lipinski definition) is 4. The monoisotopic (exact) mass is 381 g/mol. The third kappa shape index (κ3) is 2.75. The van der Waals surface area contributed by atoms with Gasteiger partial charge in [0.2, 0.25) is 0 Å². The quantitative estimate of drug-likeness (QED) is 0.571. The molecule has 134 valence electrons. The van der Waals surface area contributed by atoms with Crippen molar-refractivity contribution in [3.8, 4) is 0 Å². The number of nitrogens with one attached hydrogen (secondary N) is 2. The number of sulfonamides is 1. The summed E-state index contributed by atoms with van der Waals surface area (Å²) in [7, 11) is -4.04. The highest BCUT2D eigenvalue weighted by molar-refractivity contribution is 7.93. The van der Waals surface area contributed by atoms with Crippen molar-refractivity contribution in [3.63, 3.8) is 0 Å². The van der Waals surface area contributed by atoms with Crippen LogP contribution in [0.1, 0.15) is 5.56 Å². The SMILES string of the molecule is O=S(=O)(Nc1cnc2ccnn2c1)c1c[nH]c2cc(C(F)(F)F)ccc12. The third-order valence-electron chi connectivity index (χ3n) is 3.76. The standard InChI is InChI=1S/C15H10F3N5O2S/c16-15(17,18)9-1-2-11-12(5-9)19-7-13(11)26(24,25)22-10-6-20-14-3-4-21-23(14)8-10/h1-8,19,22H. The first-order valence-corrected chi connectivity index (χ1v) is 8.73. The van der Waals surface area contributed by atoms with Gasteiger partial charge in [-0.2, -0.15) is 18.3 Å². The maximum Gasteiger partial charge on any atom is 0.416 e. The molecule has 0 atom stereocenters. The molecule has 11 heteroatoms. The lowest BCUT2D eigenvalue weighted by atomic mass is 10.1. The molecule has 26 heavy (non-hydrogen) atoms. The van der Waals surface area contributed by atoms with Crippen molar-refractivity contribution in [2.75, 3.05) is 4.72 Å². The van der Waals surface area contributed by atoms with E-state index in [0.29, 0.717) is 5.65 Å². The first kappa shape index (κ1) is 16.4. The molecular formula is C15H10F3N5O2S. The van der Waals surface area contributed by atoms with E-state index in [1.54, 1.807) is 6.07 Å². The second kappa shape index (κ2) is 5.46. The molecule has 0 radical (unpaired) electrons. The maximum absolute atomic E-state index is 12.8. The normalized spacial score (nSPS) is 12.7. The molecule has 2 N–H and O–H groups in total. The van der Waals surface area contributed by atoms with Crippen LogP contribution in [0.2, 0.25) is 0 Å². The molecule has 0 saturated heterocycles. The summed E-state index contributed by atoms with van der Waals surface area (Å²) < 4.78 is 67.3. The zero-order chi connectivity index (χ0) is 18.5. The number of anilines is 1. The summed E-state index contributed by atoms with van der Waals surface area (Å²) in [6.07, 6.45) is 0.911. The van der Waals surface area contributed by atoms with Gasteiger partial charge in [0.25, 0.3) is 10.0 Å². The van der Waals surface area contributed by atoms with Crippen LogP contribution in [0.4, 0.5) is 18.9 Å². The molecular weight excluding hydrogens is 371 g/mol. The van der Waals surface area contributed by atoms with Crippen molar-refractivity contribution in [1.82, 2.24) is 19.6 Å². The summed E-state index contributed by atoms with van der Waals surface area (Å²) in [4.78, 5) is 6.45. The molecule has 0 aliphatic heterocycles. The van der Waals surface area contributed by atoms with Gasteiger partial charge in [-0.1, -0.05) is 6.07 Å². The molecule has 0 fully saturated rings. The predicted molar refractivity (Wildman–Crippen MR) is 87.1 cm³/mol. The molecule has 0 spiro atoms. The van der Waals surface area contributed by atoms with Gasteiger partial charge >= 0.3 is 6.18 Å². The van der Waals surface area contributed by atoms with Crippen molar-refractivity contribution >= 4 is 32.3 Å². The minimum atomic E-state index is -4.51. The number of aromatic nitrogens is 4.